The highest BCUT2D eigenvalue weighted by atomic mass is 16.5. The number of rotatable bonds is 8. The first-order chi connectivity index (χ1) is 14.1. The van der Waals surface area contributed by atoms with Gasteiger partial charge in [0.15, 0.2) is 0 Å². The van der Waals surface area contributed by atoms with Gasteiger partial charge in [0.25, 0.3) is 5.91 Å². The average molecular weight is 399 g/mol. The number of piperidine rings is 1. The predicted octanol–water partition coefficient (Wildman–Crippen LogP) is 2.51. The summed E-state index contributed by atoms with van der Waals surface area (Å²) in [6.07, 6.45) is 7.55. The van der Waals surface area contributed by atoms with E-state index in [0.29, 0.717) is 36.6 Å². The maximum atomic E-state index is 12.3. The monoisotopic (exact) mass is 399 g/mol. The molecule has 0 aromatic carbocycles. The Hall–Kier alpha value is -2.48. The van der Waals surface area contributed by atoms with Crippen molar-refractivity contribution in [2.45, 2.75) is 46.1 Å². The Morgan fingerprint density at radius 2 is 1.97 bits per heavy atom. The van der Waals surface area contributed by atoms with E-state index in [-0.39, 0.29) is 5.91 Å². The second-order valence-electron chi connectivity index (χ2n) is 8.17. The molecule has 0 radical (unpaired) electrons. The Labute approximate surface area is 171 Å². The molecule has 8 nitrogen and oxygen atoms in total. The summed E-state index contributed by atoms with van der Waals surface area (Å²) in [5, 5.41) is 2.99. The molecular weight excluding hydrogens is 370 g/mol. The van der Waals surface area contributed by atoms with Crippen LogP contribution >= 0.6 is 0 Å². The first-order valence-electron chi connectivity index (χ1n) is 10.4. The molecule has 29 heavy (non-hydrogen) atoms. The quantitative estimate of drug-likeness (QED) is 0.729. The second-order valence-corrected chi connectivity index (χ2v) is 8.17. The molecule has 3 heterocycles. The number of hydrogen-bond acceptors (Lipinski definition) is 7. The Balaban J connectivity index is 1.17. The van der Waals surface area contributed by atoms with Gasteiger partial charge in [0, 0.05) is 6.54 Å². The van der Waals surface area contributed by atoms with Crippen molar-refractivity contribution < 1.29 is 13.9 Å². The summed E-state index contributed by atoms with van der Waals surface area (Å²) >= 11 is 0. The van der Waals surface area contributed by atoms with Gasteiger partial charge in [-0.15, -0.1) is 0 Å². The number of oxazole rings is 1. The van der Waals surface area contributed by atoms with Crippen molar-refractivity contribution in [1.82, 2.24) is 25.2 Å². The lowest BCUT2D eigenvalue weighted by molar-refractivity contribution is 0.0928. The summed E-state index contributed by atoms with van der Waals surface area (Å²) in [6.45, 7) is 7.97. The topological polar surface area (TPSA) is 93.4 Å². The molecule has 0 bridgehead atoms. The van der Waals surface area contributed by atoms with Crippen LogP contribution in [-0.4, -0.2) is 52.0 Å². The van der Waals surface area contributed by atoms with Crippen LogP contribution in [0.4, 0.5) is 0 Å². The smallest absolute Gasteiger partial charge is 0.271 e. The second kappa shape index (κ2) is 8.90. The van der Waals surface area contributed by atoms with Crippen LogP contribution in [0.2, 0.25) is 0 Å². The molecule has 1 amide bonds. The van der Waals surface area contributed by atoms with Crippen molar-refractivity contribution in [2.75, 3.05) is 26.2 Å². The maximum Gasteiger partial charge on any atom is 0.271 e. The summed E-state index contributed by atoms with van der Waals surface area (Å²) < 4.78 is 11.2. The molecule has 8 heteroatoms. The fraction of sp³-hybridized carbons (Fsp3) is 0.619. The van der Waals surface area contributed by atoms with E-state index in [4.69, 9.17) is 9.15 Å². The first-order valence-corrected chi connectivity index (χ1v) is 10.4. The zero-order valence-corrected chi connectivity index (χ0v) is 17.2. The summed E-state index contributed by atoms with van der Waals surface area (Å²) in [5.41, 5.74) is 1.29. The van der Waals surface area contributed by atoms with Gasteiger partial charge in [-0.2, -0.15) is 0 Å². The summed E-state index contributed by atoms with van der Waals surface area (Å²) in [4.78, 5) is 27.5. The first kappa shape index (κ1) is 19.8. The number of carbonyl (C=O) groups excluding carboxylic acids is 1. The minimum Gasteiger partial charge on any atom is -0.476 e. The number of hydrogen-bond donors (Lipinski definition) is 1. The Morgan fingerprint density at radius 1 is 1.17 bits per heavy atom. The Bertz CT molecular complexity index is 804. The van der Waals surface area contributed by atoms with Gasteiger partial charge in [0.05, 0.1) is 31.2 Å². The molecule has 1 saturated heterocycles. The average Bonchev–Trinajstić information content (AvgIpc) is 3.51. The lowest BCUT2D eigenvalue weighted by atomic mass is 9.97. The number of amides is 1. The maximum absolute atomic E-state index is 12.3. The van der Waals surface area contributed by atoms with Crippen LogP contribution in [0, 0.1) is 25.7 Å². The largest absolute Gasteiger partial charge is 0.476 e. The van der Waals surface area contributed by atoms with Crippen LogP contribution in [0.3, 0.4) is 0 Å². The normalized spacial score (nSPS) is 18.0. The van der Waals surface area contributed by atoms with Gasteiger partial charge >= 0.3 is 0 Å². The molecule has 0 atom stereocenters. The third-order valence-electron chi connectivity index (χ3n) is 5.71. The SMILES string of the molecule is Cc1nc(CN2CCC(CNC(=O)c3cnc(OCC4CC4)cn3)CC2)oc1C. The van der Waals surface area contributed by atoms with E-state index in [9.17, 15) is 4.79 Å². The Kier molecular flexibility index (Phi) is 6.08. The molecule has 4 rings (SSSR count). The molecule has 2 aliphatic rings. The Morgan fingerprint density at radius 3 is 2.59 bits per heavy atom. The zero-order chi connectivity index (χ0) is 20.2. The summed E-state index contributed by atoms with van der Waals surface area (Å²) in [6, 6.07) is 0. The fourth-order valence-electron chi connectivity index (χ4n) is 3.47. The number of aromatic nitrogens is 3. The van der Waals surface area contributed by atoms with Gasteiger partial charge < -0.3 is 14.5 Å². The van der Waals surface area contributed by atoms with Crippen LogP contribution < -0.4 is 10.1 Å². The number of nitrogens with one attached hydrogen (secondary N) is 1. The van der Waals surface area contributed by atoms with Gasteiger partial charge in [0.2, 0.25) is 11.8 Å². The van der Waals surface area contributed by atoms with E-state index in [2.05, 4.69) is 25.2 Å². The van der Waals surface area contributed by atoms with Crippen LogP contribution in [0.15, 0.2) is 16.8 Å². The predicted molar refractivity (Wildman–Crippen MR) is 107 cm³/mol. The molecule has 156 valence electrons. The van der Waals surface area contributed by atoms with E-state index >= 15 is 0 Å². The number of ether oxygens (including phenoxy) is 1. The van der Waals surface area contributed by atoms with Crippen molar-refractivity contribution in [3.05, 3.63) is 35.4 Å². The van der Waals surface area contributed by atoms with E-state index in [1.165, 1.54) is 25.2 Å². The lowest BCUT2D eigenvalue weighted by Crippen LogP contribution is -2.38. The standard InChI is InChI=1S/C21H29N5O3/c1-14-15(2)29-20(25-14)12-26-7-5-16(6-8-26)9-24-21(27)18-10-23-19(11-22-18)28-13-17-3-4-17/h10-11,16-17H,3-9,12-13H2,1-2H3,(H,24,27). The molecule has 1 aliphatic carbocycles. The minimum absolute atomic E-state index is 0.181. The van der Waals surface area contributed by atoms with Crippen LogP contribution in [0.25, 0.3) is 0 Å². The highest BCUT2D eigenvalue weighted by molar-refractivity contribution is 5.91. The molecule has 1 aliphatic heterocycles. The van der Waals surface area contributed by atoms with E-state index in [0.717, 1.165) is 49.8 Å². The number of carbonyl (C=O) groups is 1. The van der Waals surface area contributed by atoms with Crippen LogP contribution in [-0.2, 0) is 6.54 Å². The summed E-state index contributed by atoms with van der Waals surface area (Å²) in [5.74, 6) is 3.11. The van der Waals surface area contributed by atoms with Crippen molar-refractivity contribution in [3.8, 4) is 5.88 Å². The number of likely N-dealkylation sites (tertiary alicyclic amines) is 1. The van der Waals surface area contributed by atoms with Gasteiger partial charge in [-0.05, 0) is 64.5 Å². The molecule has 2 aromatic rings. The third-order valence-corrected chi connectivity index (χ3v) is 5.71. The van der Waals surface area contributed by atoms with Gasteiger partial charge in [0.1, 0.15) is 11.5 Å². The molecule has 2 aromatic heterocycles. The number of nitrogens with zero attached hydrogens (tertiary/aromatic N) is 4. The molecule has 0 spiro atoms. The van der Waals surface area contributed by atoms with Gasteiger partial charge in [-0.25, -0.2) is 15.0 Å². The fourth-order valence-corrected chi connectivity index (χ4v) is 3.47. The highest BCUT2D eigenvalue weighted by Gasteiger charge is 2.23. The molecule has 2 fully saturated rings. The van der Waals surface area contributed by atoms with Crippen molar-refractivity contribution in [3.63, 3.8) is 0 Å². The molecule has 1 N–H and O–H groups in total. The summed E-state index contributed by atoms with van der Waals surface area (Å²) in [7, 11) is 0. The third kappa shape index (κ3) is 5.53. The van der Waals surface area contributed by atoms with Gasteiger partial charge in [-0.1, -0.05) is 0 Å². The van der Waals surface area contributed by atoms with Gasteiger partial charge in [-0.3, -0.25) is 9.69 Å². The molecular formula is C21H29N5O3. The zero-order valence-electron chi connectivity index (χ0n) is 17.2. The van der Waals surface area contributed by atoms with Crippen LogP contribution in [0.1, 0.15) is 53.5 Å². The number of aryl methyl sites for hydroxylation is 2. The van der Waals surface area contributed by atoms with E-state index in [1.54, 1.807) is 0 Å². The lowest BCUT2D eigenvalue weighted by Gasteiger charge is -2.31. The van der Waals surface area contributed by atoms with Crippen molar-refractivity contribution >= 4 is 5.91 Å². The molecule has 1 saturated carbocycles. The van der Waals surface area contributed by atoms with E-state index < -0.39 is 0 Å². The minimum atomic E-state index is -0.181. The van der Waals surface area contributed by atoms with Crippen molar-refractivity contribution in [1.29, 1.82) is 0 Å². The van der Waals surface area contributed by atoms with E-state index in [1.807, 2.05) is 13.8 Å². The highest BCUT2D eigenvalue weighted by Crippen LogP contribution is 2.29. The molecule has 0 unspecified atom stereocenters. The van der Waals surface area contributed by atoms with Crippen LogP contribution in [0.5, 0.6) is 5.88 Å². The van der Waals surface area contributed by atoms with Crippen molar-refractivity contribution in [2.24, 2.45) is 11.8 Å².